The monoisotopic (exact) mass is 653 g/mol. The van der Waals surface area contributed by atoms with Crippen LogP contribution in [0.15, 0.2) is 162 Å². The Labute approximate surface area is 295 Å². The number of hydrogen-bond donors (Lipinski definition) is 0. The van der Waals surface area contributed by atoms with Gasteiger partial charge in [0.05, 0.1) is 0 Å². The van der Waals surface area contributed by atoms with Crippen LogP contribution in [0.5, 0.6) is 0 Å². The Morgan fingerprint density at radius 1 is 0.451 bits per heavy atom. The summed E-state index contributed by atoms with van der Waals surface area (Å²) in [5, 5.41) is 4.63. The van der Waals surface area contributed by atoms with E-state index >= 15 is 0 Å². The third-order valence-electron chi connectivity index (χ3n) is 10.0. The molecule has 0 unspecified atom stereocenters. The molecule has 240 valence electrons. The number of aryl methyl sites for hydroxylation is 1. The number of benzene rings is 7. The van der Waals surface area contributed by atoms with Crippen LogP contribution in [0.4, 0.5) is 0 Å². The number of allylic oxidation sites excluding steroid dienone is 1. The van der Waals surface area contributed by atoms with Crippen LogP contribution in [0, 0.1) is 0 Å². The van der Waals surface area contributed by atoms with E-state index in [1.165, 1.54) is 27.5 Å². The Kier molecular flexibility index (Phi) is 6.91. The minimum absolute atomic E-state index is 0.631. The van der Waals surface area contributed by atoms with Gasteiger partial charge in [-0.1, -0.05) is 146 Å². The minimum Gasteiger partial charge on any atom is -0.456 e. The molecular weight excluding hydrogens is 623 g/mol. The molecule has 9 aromatic rings. The molecule has 7 aromatic carbocycles. The van der Waals surface area contributed by atoms with E-state index < -0.39 is 0 Å². The molecule has 4 nitrogen and oxygen atoms in total. The molecule has 0 bridgehead atoms. The van der Waals surface area contributed by atoms with Gasteiger partial charge in [0.15, 0.2) is 17.5 Å². The molecule has 10 rings (SSSR count). The molecule has 0 radical (unpaired) electrons. The largest absolute Gasteiger partial charge is 0.456 e. The summed E-state index contributed by atoms with van der Waals surface area (Å²) in [6.45, 7) is 0. The number of nitrogens with zero attached hydrogens (tertiary/aromatic N) is 3. The van der Waals surface area contributed by atoms with Gasteiger partial charge in [0, 0.05) is 27.5 Å². The van der Waals surface area contributed by atoms with E-state index in [2.05, 4.69) is 146 Å². The van der Waals surface area contributed by atoms with Crippen molar-refractivity contribution in [2.45, 2.75) is 12.8 Å². The van der Waals surface area contributed by atoms with Crippen molar-refractivity contribution in [1.82, 2.24) is 15.0 Å². The van der Waals surface area contributed by atoms with Crippen LogP contribution in [-0.4, -0.2) is 15.0 Å². The second-order valence-electron chi connectivity index (χ2n) is 13.1. The topological polar surface area (TPSA) is 51.8 Å². The number of fused-ring (bicyclic) bond motifs is 5. The fourth-order valence-electron chi connectivity index (χ4n) is 7.52. The van der Waals surface area contributed by atoms with Gasteiger partial charge < -0.3 is 4.42 Å². The van der Waals surface area contributed by atoms with E-state index in [4.69, 9.17) is 19.4 Å². The summed E-state index contributed by atoms with van der Waals surface area (Å²) in [5.74, 6) is 1.93. The first-order chi connectivity index (χ1) is 25.3. The molecule has 0 aliphatic heterocycles. The molecule has 0 atom stereocenters. The first-order valence-corrected chi connectivity index (χ1v) is 17.4. The highest BCUT2D eigenvalue weighted by atomic mass is 16.3. The Bertz CT molecular complexity index is 2800. The third-order valence-corrected chi connectivity index (χ3v) is 10.0. The van der Waals surface area contributed by atoms with Crippen LogP contribution in [0.1, 0.15) is 17.5 Å². The maximum Gasteiger partial charge on any atom is 0.164 e. The first-order valence-electron chi connectivity index (χ1n) is 17.4. The fourth-order valence-corrected chi connectivity index (χ4v) is 7.52. The van der Waals surface area contributed by atoms with Crippen LogP contribution in [0.25, 0.3) is 95.2 Å². The van der Waals surface area contributed by atoms with Gasteiger partial charge in [-0.2, -0.15) is 0 Å². The second-order valence-corrected chi connectivity index (χ2v) is 13.1. The lowest BCUT2D eigenvalue weighted by Crippen LogP contribution is -2.02. The molecule has 51 heavy (non-hydrogen) atoms. The zero-order valence-corrected chi connectivity index (χ0v) is 27.8. The number of aromatic nitrogens is 3. The molecule has 1 aliphatic carbocycles. The summed E-state index contributed by atoms with van der Waals surface area (Å²) in [5.41, 5.74) is 11.6. The molecule has 0 fully saturated rings. The average Bonchev–Trinajstić information content (AvgIpc) is 3.59. The van der Waals surface area contributed by atoms with Crippen LogP contribution in [0.3, 0.4) is 0 Å². The van der Waals surface area contributed by atoms with Gasteiger partial charge in [0.25, 0.3) is 0 Å². The third kappa shape index (κ3) is 5.12. The Balaban J connectivity index is 1.15. The van der Waals surface area contributed by atoms with Gasteiger partial charge in [-0.25, -0.2) is 15.0 Å². The van der Waals surface area contributed by atoms with Crippen molar-refractivity contribution >= 4 is 38.8 Å². The normalized spacial score (nSPS) is 12.5. The lowest BCUT2D eigenvalue weighted by atomic mass is 9.94. The van der Waals surface area contributed by atoms with E-state index in [0.29, 0.717) is 17.5 Å². The molecule has 2 heterocycles. The maximum atomic E-state index is 6.28. The highest BCUT2D eigenvalue weighted by Gasteiger charge is 2.19. The van der Waals surface area contributed by atoms with Crippen molar-refractivity contribution in [2.24, 2.45) is 0 Å². The van der Waals surface area contributed by atoms with Crippen LogP contribution in [-0.2, 0) is 6.42 Å². The molecule has 0 spiro atoms. The molecule has 0 saturated heterocycles. The van der Waals surface area contributed by atoms with Crippen molar-refractivity contribution in [2.75, 3.05) is 0 Å². The molecule has 0 N–H and O–H groups in total. The summed E-state index contributed by atoms with van der Waals surface area (Å²) in [4.78, 5) is 15.5. The zero-order chi connectivity index (χ0) is 33.7. The number of rotatable bonds is 5. The van der Waals surface area contributed by atoms with Crippen molar-refractivity contribution in [3.8, 4) is 56.4 Å². The van der Waals surface area contributed by atoms with Crippen LogP contribution < -0.4 is 0 Å². The molecule has 0 amide bonds. The minimum atomic E-state index is 0.631. The smallest absolute Gasteiger partial charge is 0.164 e. The Hall–Kier alpha value is -6.65. The van der Waals surface area contributed by atoms with Crippen molar-refractivity contribution in [3.63, 3.8) is 0 Å². The first kappa shape index (κ1) is 29.3. The number of hydrogen-bond acceptors (Lipinski definition) is 4. The average molecular weight is 654 g/mol. The number of para-hydroxylation sites is 1. The zero-order valence-electron chi connectivity index (χ0n) is 27.8. The second kappa shape index (κ2) is 12.0. The van der Waals surface area contributed by atoms with E-state index in [-0.39, 0.29) is 0 Å². The quantitative estimate of drug-likeness (QED) is 0.185. The van der Waals surface area contributed by atoms with Crippen molar-refractivity contribution in [3.05, 3.63) is 169 Å². The SMILES string of the molecule is C1=Cc2ccc(-c3nc(-c4ccc(-c5cccc6ccccc56)cc4)nc(-c4ccccc4-c4cccc5oc6ccccc6c45)n3)cc2CC1. The van der Waals surface area contributed by atoms with Gasteiger partial charge in [0.2, 0.25) is 0 Å². The van der Waals surface area contributed by atoms with E-state index in [1.807, 2.05) is 18.2 Å². The Morgan fingerprint density at radius 2 is 1.08 bits per heavy atom. The van der Waals surface area contributed by atoms with Gasteiger partial charge in [-0.15, -0.1) is 0 Å². The van der Waals surface area contributed by atoms with E-state index in [9.17, 15) is 0 Å². The highest BCUT2D eigenvalue weighted by molar-refractivity contribution is 6.13. The van der Waals surface area contributed by atoms with Gasteiger partial charge in [0.1, 0.15) is 11.2 Å². The standard InChI is InChI=1S/C47H31N3O/c1-2-13-34-29-35(28-23-30(34)11-1)46-48-45(33-26-24-32(25-27-33)37-19-9-14-31-12-3-4-15-36(31)37)49-47(50-46)40-17-6-5-16-38(40)39-20-10-22-43-44(39)41-18-7-8-21-42(41)51-43/h1,3-12,14-29H,2,13H2. The van der Waals surface area contributed by atoms with Gasteiger partial charge in [-0.3, -0.25) is 0 Å². The molecule has 2 aromatic heterocycles. The summed E-state index contributed by atoms with van der Waals surface area (Å²) >= 11 is 0. The van der Waals surface area contributed by atoms with Crippen molar-refractivity contribution < 1.29 is 4.42 Å². The fraction of sp³-hybridized carbons (Fsp3) is 0.0426. The van der Waals surface area contributed by atoms with Crippen LogP contribution in [0.2, 0.25) is 0 Å². The summed E-state index contributed by atoms with van der Waals surface area (Å²) in [7, 11) is 0. The van der Waals surface area contributed by atoms with E-state index in [0.717, 1.165) is 68.2 Å². The van der Waals surface area contributed by atoms with Crippen molar-refractivity contribution in [1.29, 1.82) is 0 Å². The summed E-state index contributed by atoms with van der Waals surface area (Å²) in [6.07, 6.45) is 6.49. The summed E-state index contributed by atoms with van der Waals surface area (Å²) < 4.78 is 6.28. The van der Waals surface area contributed by atoms with E-state index in [1.54, 1.807) is 0 Å². The predicted molar refractivity (Wildman–Crippen MR) is 209 cm³/mol. The Morgan fingerprint density at radius 3 is 1.98 bits per heavy atom. The highest BCUT2D eigenvalue weighted by Crippen LogP contribution is 2.40. The molecule has 1 aliphatic rings. The molecule has 4 heteroatoms. The molecule has 0 saturated carbocycles. The maximum absolute atomic E-state index is 6.28. The van der Waals surface area contributed by atoms with Gasteiger partial charge in [-0.05, 0) is 75.2 Å². The van der Waals surface area contributed by atoms with Gasteiger partial charge >= 0.3 is 0 Å². The number of furan rings is 1. The lowest BCUT2D eigenvalue weighted by Gasteiger charge is -2.14. The predicted octanol–water partition coefficient (Wildman–Crippen LogP) is 12.2. The molecular formula is C47H31N3O. The van der Waals surface area contributed by atoms with Crippen LogP contribution >= 0.6 is 0 Å². The lowest BCUT2D eigenvalue weighted by molar-refractivity contribution is 0.669. The summed E-state index contributed by atoms with van der Waals surface area (Å²) in [6, 6.07) is 53.0.